The summed E-state index contributed by atoms with van der Waals surface area (Å²) in [5.41, 5.74) is 0. The van der Waals surface area contributed by atoms with Crippen molar-refractivity contribution in [3.05, 3.63) is 0 Å². The Morgan fingerprint density at radius 3 is 2.89 bits per heavy atom. The fourth-order valence-corrected chi connectivity index (χ4v) is 3.39. The summed E-state index contributed by atoms with van der Waals surface area (Å²) in [5.74, 6) is 0.285. The molecule has 3 unspecified atom stereocenters. The molecule has 0 radical (unpaired) electrons. The Morgan fingerprint density at radius 2 is 2.17 bits per heavy atom. The van der Waals surface area contributed by atoms with Crippen molar-refractivity contribution in [2.45, 2.75) is 25.3 Å². The molecule has 104 valence electrons. The van der Waals surface area contributed by atoms with E-state index in [0.29, 0.717) is 38.2 Å². The van der Waals surface area contributed by atoms with Gasteiger partial charge in [0.15, 0.2) is 0 Å². The molecule has 0 spiro atoms. The molecule has 1 saturated heterocycles. The van der Waals surface area contributed by atoms with E-state index in [1.165, 1.54) is 12.8 Å². The molecule has 1 N–H and O–H groups in total. The molecule has 1 aliphatic heterocycles. The second kappa shape index (κ2) is 6.50. The van der Waals surface area contributed by atoms with Gasteiger partial charge in [0.05, 0.1) is 19.8 Å². The van der Waals surface area contributed by atoms with Crippen molar-refractivity contribution in [3.8, 4) is 0 Å². The third-order valence-corrected chi connectivity index (χ3v) is 4.19. The summed E-state index contributed by atoms with van der Waals surface area (Å²) in [6.45, 7) is 3.40. The Bertz CT molecular complexity index is 284. The largest absolute Gasteiger partial charge is 0.480 e. The number of carboxylic acids is 1. The molecule has 0 amide bonds. The first kappa shape index (κ1) is 13.8. The highest BCUT2D eigenvalue weighted by molar-refractivity contribution is 5.74. The average molecular weight is 257 g/mol. The summed E-state index contributed by atoms with van der Waals surface area (Å²) in [5, 5.41) is 9.37. The summed E-state index contributed by atoms with van der Waals surface area (Å²) in [6.07, 6.45) is 3.45. The Kier molecular flexibility index (Phi) is 4.97. The molecule has 1 aliphatic carbocycles. The van der Waals surface area contributed by atoms with Crippen LogP contribution in [0.2, 0.25) is 0 Å². The Morgan fingerprint density at radius 1 is 1.33 bits per heavy atom. The highest BCUT2D eigenvalue weighted by atomic mass is 16.5. The van der Waals surface area contributed by atoms with Gasteiger partial charge in [-0.2, -0.15) is 0 Å². The normalized spacial score (nSPS) is 31.7. The molecule has 0 aromatic heterocycles. The first-order valence-corrected chi connectivity index (χ1v) is 6.77. The lowest BCUT2D eigenvalue weighted by Crippen LogP contribution is -2.41. The molecule has 5 heteroatoms. The average Bonchev–Trinajstić information content (AvgIpc) is 2.87. The minimum Gasteiger partial charge on any atom is -0.480 e. The molecule has 18 heavy (non-hydrogen) atoms. The second-order valence-electron chi connectivity index (χ2n) is 5.24. The van der Waals surface area contributed by atoms with Crippen molar-refractivity contribution in [1.29, 1.82) is 0 Å². The zero-order valence-electron chi connectivity index (χ0n) is 11.0. The summed E-state index contributed by atoms with van der Waals surface area (Å²) < 4.78 is 10.3. The molecule has 0 bridgehead atoms. The summed E-state index contributed by atoms with van der Waals surface area (Å²) in [6, 6.07) is -0.288. The van der Waals surface area contributed by atoms with Crippen LogP contribution in [0.4, 0.5) is 0 Å². The first-order valence-electron chi connectivity index (χ1n) is 6.77. The zero-order valence-corrected chi connectivity index (χ0v) is 11.0. The number of rotatable bonds is 7. The van der Waals surface area contributed by atoms with E-state index in [1.54, 1.807) is 7.11 Å². The Hall–Kier alpha value is -0.650. The van der Waals surface area contributed by atoms with Crippen LogP contribution in [0.3, 0.4) is 0 Å². The standard InChI is InChI=1S/C13H23NO4/c1-17-7-8-18-6-5-14-9-10-3-2-4-11(10)12(14)13(15)16/h10-12H,2-9H2,1H3,(H,15,16). The first-order chi connectivity index (χ1) is 8.74. The number of likely N-dealkylation sites (tertiary alicyclic amines) is 1. The third kappa shape index (κ3) is 3.02. The predicted molar refractivity (Wildman–Crippen MR) is 66.5 cm³/mol. The van der Waals surface area contributed by atoms with Crippen LogP contribution in [0.5, 0.6) is 0 Å². The highest BCUT2D eigenvalue weighted by Crippen LogP contribution is 2.41. The van der Waals surface area contributed by atoms with Gasteiger partial charge >= 0.3 is 5.97 Å². The summed E-state index contributed by atoms with van der Waals surface area (Å²) in [7, 11) is 1.64. The molecule has 1 saturated carbocycles. The van der Waals surface area contributed by atoms with E-state index in [-0.39, 0.29) is 6.04 Å². The number of fused-ring (bicyclic) bond motifs is 1. The SMILES string of the molecule is COCCOCCN1CC2CCCC2C1C(=O)O. The molecular weight excluding hydrogens is 234 g/mol. The van der Waals surface area contributed by atoms with Crippen LogP contribution < -0.4 is 0 Å². The summed E-state index contributed by atoms with van der Waals surface area (Å²) >= 11 is 0. The molecule has 2 fully saturated rings. The highest BCUT2D eigenvalue weighted by Gasteiger charge is 2.47. The predicted octanol–water partition coefficient (Wildman–Crippen LogP) is 0.835. The number of aliphatic carboxylic acids is 1. The van der Waals surface area contributed by atoms with E-state index in [9.17, 15) is 9.90 Å². The number of nitrogens with zero attached hydrogens (tertiary/aromatic N) is 1. The van der Waals surface area contributed by atoms with E-state index in [2.05, 4.69) is 4.90 Å². The van der Waals surface area contributed by atoms with E-state index < -0.39 is 5.97 Å². The number of hydrogen-bond acceptors (Lipinski definition) is 4. The monoisotopic (exact) mass is 257 g/mol. The topological polar surface area (TPSA) is 59.0 Å². The van der Waals surface area contributed by atoms with Crippen LogP contribution in [0.15, 0.2) is 0 Å². The fourth-order valence-electron chi connectivity index (χ4n) is 3.39. The van der Waals surface area contributed by atoms with Crippen LogP contribution in [0.1, 0.15) is 19.3 Å². The number of hydrogen-bond donors (Lipinski definition) is 1. The van der Waals surface area contributed by atoms with Gasteiger partial charge in [0, 0.05) is 20.2 Å². The number of methoxy groups -OCH3 is 1. The maximum Gasteiger partial charge on any atom is 0.321 e. The second-order valence-corrected chi connectivity index (χ2v) is 5.24. The van der Waals surface area contributed by atoms with E-state index in [0.717, 1.165) is 13.0 Å². The molecule has 0 aromatic rings. The van der Waals surface area contributed by atoms with Gasteiger partial charge in [0.1, 0.15) is 6.04 Å². The zero-order chi connectivity index (χ0) is 13.0. The van der Waals surface area contributed by atoms with Gasteiger partial charge in [-0.15, -0.1) is 0 Å². The Labute approximate surface area is 108 Å². The van der Waals surface area contributed by atoms with Crippen molar-refractivity contribution >= 4 is 5.97 Å². The minimum atomic E-state index is -0.665. The van der Waals surface area contributed by atoms with Gasteiger partial charge < -0.3 is 14.6 Å². The smallest absolute Gasteiger partial charge is 0.321 e. The lowest BCUT2D eigenvalue weighted by Gasteiger charge is -2.23. The maximum atomic E-state index is 11.4. The molecule has 0 aromatic carbocycles. The molecule has 2 aliphatic rings. The number of ether oxygens (including phenoxy) is 2. The van der Waals surface area contributed by atoms with Gasteiger partial charge in [-0.25, -0.2) is 0 Å². The quantitative estimate of drug-likeness (QED) is 0.685. The van der Waals surface area contributed by atoms with Crippen LogP contribution in [0, 0.1) is 11.8 Å². The van der Waals surface area contributed by atoms with Gasteiger partial charge in [0.2, 0.25) is 0 Å². The maximum absolute atomic E-state index is 11.4. The van der Waals surface area contributed by atoms with Crippen molar-refractivity contribution in [1.82, 2.24) is 4.90 Å². The van der Waals surface area contributed by atoms with Crippen molar-refractivity contribution in [3.63, 3.8) is 0 Å². The Balaban J connectivity index is 1.78. The minimum absolute atomic E-state index is 0.288. The van der Waals surface area contributed by atoms with Crippen LogP contribution in [-0.2, 0) is 14.3 Å². The number of carbonyl (C=O) groups is 1. The summed E-state index contributed by atoms with van der Waals surface area (Å²) in [4.78, 5) is 13.5. The van der Waals surface area contributed by atoms with E-state index in [1.807, 2.05) is 0 Å². The van der Waals surface area contributed by atoms with Gasteiger partial charge in [-0.3, -0.25) is 9.69 Å². The lowest BCUT2D eigenvalue weighted by atomic mass is 9.94. The molecule has 2 rings (SSSR count). The molecule has 1 heterocycles. The number of carboxylic acid groups (broad SMARTS) is 1. The van der Waals surface area contributed by atoms with Crippen LogP contribution in [0.25, 0.3) is 0 Å². The fraction of sp³-hybridized carbons (Fsp3) is 0.923. The van der Waals surface area contributed by atoms with Crippen LogP contribution >= 0.6 is 0 Å². The van der Waals surface area contributed by atoms with Crippen molar-refractivity contribution in [2.75, 3.05) is 40.0 Å². The van der Waals surface area contributed by atoms with Crippen molar-refractivity contribution < 1.29 is 19.4 Å². The van der Waals surface area contributed by atoms with Gasteiger partial charge in [-0.1, -0.05) is 6.42 Å². The third-order valence-electron chi connectivity index (χ3n) is 4.19. The molecular formula is C13H23NO4. The van der Waals surface area contributed by atoms with Gasteiger partial charge in [0.25, 0.3) is 0 Å². The van der Waals surface area contributed by atoms with Gasteiger partial charge in [-0.05, 0) is 24.7 Å². The van der Waals surface area contributed by atoms with E-state index >= 15 is 0 Å². The van der Waals surface area contributed by atoms with Crippen LogP contribution in [-0.4, -0.2) is 62.0 Å². The molecule has 3 atom stereocenters. The lowest BCUT2D eigenvalue weighted by molar-refractivity contribution is -0.143. The van der Waals surface area contributed by atoms with E-state index in [4.69, 9.17) is 9.47 Å². The van der Waals surface area contributed by atoms with Crippen molar-refractivity contribution in [2.24, 2.45) is 11.8 Å². The molecule has 5 nitrogen and oxygen atoms in total.